The van der Waals surface area contributed by atoms with Crippen molar-refractivity contribution in [1.29, 1.82) is 0 Å². The van der Waals surface area contributed by atoms with Crippen LogP contribution in [0.3, 0.4) is 0 Å². The molecule has 4 rings (SSSR count). The van der Waals surface area contributed by atoms with Crippen molar-refractivity contribution in [2.45, 2.75) is 51.4 Å². The largest absolute Gasteiger partial charge is 0.295 e. The normalized spacial score (nSPS) is 46.8. The van der Waals surface area contributed by atoms with E-state index < -0.39 is 0 Å². The molecule has 3 saturated carbocycles. The first-order chi connectivity index (χ1) is 9.78. The molecule has 6 atom stereocenters. The zero-order valence-electron chi connectivity index (χ0n) is 12.2. The Morgan fingerprint density at radius 1 is 0.900 bits per heavy atom. The minimum atomic E-state index is 0.372. The first-order valence-electron chi connectivity index (χ1n) is 8.47. The highest BCUT2D eigenvalue weighted by molar-refractivity contribution is 5.91. The molecular formula is C19H24O. The zero-order chi connectivity index (χ0) is 13.7. The molecule has 0 saturated heterocycles. The van der Waals surface area contributed by atoms with Crippen LogP contribution >= 0.6 is 0 Å². The van der Waals surface area contributed by atoms with Crippen LogP contribution in [0, 0.1) is 47.9 Å². The Balaban J connectivity index is 1.59. The predicted molar refractivity (Wildman–Crippen MR) is 79.8 cm³/mol. The van der Waals surface area contributed by atoms with E-state index in [1.54, 1.807) is 0 Å². The lowest BCUT2D eigenvalue weighted by Crippen LogP contribution is -2.41. The van der Waals surface area contributed by atoms with Gasteiger partial charge in [0.05, 0.1) is 0 Å². The average molecular weight is 268 g/mol. The van der Waals surface area contributed by atoms with Crippen LogP contribution in [0.25, 0.3) is 0 Å². The SMILES string of the molecule is C#C[C@@H]1CC[C@H]2[C@@H]3CCC4=CC(=O)CC[C@@H]4[C@H]3CC[C@@H]21. The van der Waals surface area contributed by atoms with Crippen molar-refractivity contribution in [2.75, 3.05) is 0 Å². The molecular weight excluding hydrogens is 244 g/mol. The summed E-state index contributed by atoms with van der Waals surface area (Å²) in [7, 11) is 0. The molecule has 0 N–H and O–H groups in total. The summed E-state index contributed by atoms with van der Waals surface area (Å²) in [5, 5.41) is 0. The monoisotopic (exact) mass is 268 g/mol. The molecule has 0 amide bonds. The Kier molecular flexibility index (Phi) is 3.02. The van der Waals surface area contributed by atoms with E-state index in [0.717, 1.165) is 42.4 Å². The van der Waals surface area contributed by atoms with E-state index in [-0.39, 0.29) is 0 Å². The van der Waals surface area contributed by atoms with Crippen LogP contribution < -0.4 is 0 Å². The zero-order valence-corrected chi connectivity index (χ0v) is 12.2. The van der Waals surface area contributed by atoms with Gasteiger partial charge in [-0.1, -0.05) is 5.57 Å². The minimum Gasteiger partial charge on any atom is -0.295 e. The van der Waals surface area contributed by atoms with Gasteiger partial charge >= 0.3 is 0 Å². The second kappa shape index (κ2) is 4.76. The summed E-state index contributed by atoms with van der Waals surface area (Å²) in [5.74, 6) is 8.21. The van der Waals surface area contributed by atoms with Crippen molar-refractivity contribution < 1.29 is 4.79 Å². The number of rotatable bonds is 0. The summed E-state index contributed by atoms with van der Waals surface area (Å²) in [6, 6.07) is 0. The molecule has 0 heterocycles. The van der Waals surface area contributed by atoms with Gasteiger partial charge in [0.1, 0.15) is 0 Å². The number of hydrogen-bond acceptors (Lipinski definition) is 1. The molecule has 3 fully saturated rings. The van der Waals surface area contributed by atoms with E-state index in [4.69, 9.17) is 6.42 Å². The van der Waals surface area contributed by atoms with Crippen LogP contribution in [0.4, 0.5) is 0 Å². The van der Waals surface area contributed by atoms with Crippen LogP contribution in [0.1, 0.15) is 51.4 Å². The van der Waals surface area contributed by atoms with Gasteiger partial charge in [-0.2, -0.15) is 0 Å². The molecule has 0 aliphatic heterocycles. The summed E-state index contributed by atoms with van der Waals surface area (Å²) in [4.78, 5) is 11.6. The fourth-order valence-corrected chi connectivity index (χ4v) is 6.05. The molecule has 20 heavy (non-hydrogen) atoms. The maximum absolute atomic E-state index is 11.6. The topological polar surface area (TPSA) is 17.1 Å². The summed E-state index contributed by atoms with van der Waals surface area (Å²) in [6.45, 7) is 0. The quantitative estimate of drug-likeness (QED) is 0.607. The number of carbonyl (C=O) groups excluding carboxylic acids is 1. The molecule has 4 aliphatic carbocycles. The Hall–Kier alpha value is -1.03. The van der Waals surface area contributed by atoms with Gasteiger partial charge in [0.25, 0.3) is 0 Å². The maximum atomic E-state index is 11.6. The Morgan fingerprint density at radius 3 is 2.50 bits per heavy atom. The highest BCUT2D eigenvalue weighted by atomic mass is 16.1. The third-order valence-electron chi connectivity index (χ3n) is 6.83. The molecule has 1 heteroatoms. The maximum Gasteiger partial charge on any atom is 0.155 e. The molecule has 106 valence electrons. The van der Waals surface area contributed by atoms with Crippen molar-refractivity contribution in [3.63, 3.8) is 0 Å². The van der Waals surface area contributed by atoms with Crippen LogP contribution in [0.15, 0.2) is 11.6 Å². The predicted octanol–water partition coefficient (Wildman–Crippen LogP) is 3.99. The molecule has 0 unspecified atom stereocenters. The van der Waals surface area contributed by atoms with Crippen molar-refractivity contribution in [3.8, 4) is 12.3 Å². The summed E-state index contributed by atoms with van der Waals surface area (Å²) < 4.78 is 0. The van der Waals surface area contributed by atoms with Crippen molar-refractivity contribution >= 4 is 5.78 Å². The van der Waals surface area contributed by atoms with Gasteiger partial charge in [-0.3, -0.25) is 4.79 Å². The standard InChI is InChI=1S/C19H24O/c1-2-12-3-6-17-15(12)9-10-18-16-8-5-14(20)11-13(16)4-7-19(17)18/h1,11-12,15-19H,3-10H2/t12-,15-,16+,17-,18-,19+/m1/s1. The molecule has 0 bridgehead atoms. The molecule has 4 aliphatic rings. The summed E-state index contributed by atoms with van der Waals surface area (Å²) in [6.07, 6.45) is 17.5. The number of carbonyl (C=O) groups is 1. The Bertz CT molecular complexity index is 494. The number of terminal acetylenes is 1. The van der Waals surface area contributed by atoms with Gasteiger partial charge in [0.2, 0.25) is 0 Å². The van der Waals surface area contributed by atoms with Gasteiger partial charge in [0.15, 0.2) is 5.78 Å². The Morgan fingerprint density at radius 2 is 1.65 bits per heavy atom. The van der Waals surface area contributed by atoms with Gasteiger partial charge in [-0.05, 0) is 80.6 Å². The molecule has 0 spiro atoms. The van der Waals surface area contributed by atoms with Gasteiger partial charge in [-0.25, -0.2) is 0 Å². The number of hydrogen-bond donors (Lipinski definition) is 0. The van der Waals surface area contributed by atoms with Crippen molar-refractivity contribution in [2.24, 2.45) is 35.5 Å². The summed E-state index contributed by atoms with van der Waals surface area (Å²) in [5.41, 5.74) is 1.49. The lowest BCUT2D eigenvalue weighted by Gasteiger charge is -2.49. The van der Waals surface area contributed by atoms with Gasteiger partial charge in [0, 0.05) is 12.3 Å². The smallest absolute Gasteiger partial charge is 0.155 e. The van der Waals surface area contributed by atoms with Gasteiger partial charge < -0.3 is 0 Å². The van der Waals surface area contributed by atoms with E-state index in [9.17, 15) is 4.79 Å². The summed E-state index contributed by atoms with van der Waals surface area (Å²) >= 11 is 0. The van der Waals surface area contributed by atoms with E-state index in [1.807, 2.05) is 6.08 Å². The van der Waals surface area contributed by atoms with Crippen molar-refractivity contribution in [1.82, 2.24) is 0 Å². The average Bonchev–Trinajstić information content (AvgIpc) is 2.89. The third-order valence-corrected chi connectivity index (χ3v) is 6.83. The van der Waals surface area contributed by atoms with Crippen molar-refractivity contribution in [3.05, 3.63) is 11.6 Å². The van der Waals surface area contributed by atoms with Crippen LogP contribution in [-0.4, -0.2) is 5.78 Å². The minimum absolute atomic E-state index is 0.372. The molecule has 1 nitrogen and oxygen atoms in total. The van der Waals surface area contributed by atoms with Crippen LogP contribution in [-0.2, 0) is 4.79 Å². The van der Waals surface area contributed by atoms with Gasteiger partial charge in [-0.15, -0.1) is 12.3 Å². The van der Waals surface area contributed by atoms with E-state index in [2.05, 4.69) is 5.92 Å². The molecule has 0 aromatic carbocycles. The second-order valence-electron chi connectivity index (χ2n) is 7.45. The molecule has 0 aromatic heterocycles. The lowest BCUT2D eigenvalue weighted by atomic mass is 9.55. The fraction of sp³-hybridized carbons (Fsp3) is 0.737. The molecule has 0 aromatic rings. The highest BCUT2D eigenvalue weighted by Gasteiger charge is 2.49. The van der Waals surface area contributed by atoms with Crippen LogP contribution in [0.2, 0.25) is 0 Å². The van der Waals surface area contributed by atoms with E-state index >= 15 is 0 Å². The molecule has 0 radical (unpaired) electrons. The van der Waals surface area contributed by atoms with Crippen LogP contribution in [0.5, 0.6) is 0 Å². The number of fused-ring (bicyclic) bond motifs is 5. The number of ketones is 1. The fourth-order valence-electron chi connectivity index (χ4n) is 6.05. The van der Waals surface area contributed by atoms with E-state index in [0.29, 0.717) is 11.7 Å². The first-order valence-corrected chi connectivity index (χ1v) is 8.47. The highest BCUT2D eigenvalue weighted by Crippen LogP contribution is 2.57. The Labute approximate surface area is 122 Å². The first kappa shape index (κ1) is 12.7. The number of allylic oxidation sites excluding steroid dienone is 1. The third kappa shape index (κ3) is 1.80. The van der Waals surface area contributed by atoms with E-state index in [1.165, 1.54) is 44.1 Å². The lowest BCUT2D eigenvalue weighted by molar-refractivity contribution is -0.115. The second-order valence-corrected chi connectivity index (χ2v) is 7.45.